The van der Waals surface area contributed by atoms with Gasteiger partial charge in [-0.25, -0.2) is 4.98 Å². The second kappa shape index (κ2) is 6.65. The first-order valence-electron chi connectivity index (χ1n) is 8.77. The van der Waals surface area contributed by atoms with E-state index >= 15 is 0 Å². The van der Waals surface area contributed by atoms with Crippen LogP contribution in [0.1, 0.15) is 5.56 Å². The van der Waals surface area contributed by atoms with E-state index in [0.29, 0.717) is 22.8 Å². The van der Waals surface area contributed by atoms with Crippen LogP contribution >= 0.6 is 11.6 Å². The van der Waals surface area contributed by atoms with Gasteiger partial charge in [-0.3, -0.25) is 4.40 Å². The quantitative estimate of drug-likeness (QED) is 0.526. The van der Waals surface area contributed by atoms with Crippen LogP contribution in [0.2, 0.25) is 5.02 Å². The van der Waals surface area contributed by atoms with Gasteiger partial charge in [0, 0.05) is 18.3 Å². The zero-order valence-corrected chi connectivity index (χ0v) is 15.5. The molecule has 1 aliphatic rings. The molecule has 2 aromatic carbocycles. The summed E-state index contributed by atoms with van der Waals surface area (Å²) in [6, 6.07) is 16.6. The van der Waals surface area contributed by atoms with Gasteiger partial charge in [0.2, 0.25) is 6.79 Å². The highest BCUT2D eigenvalue weighted by Crippen LogP contribution is 2.36. The molecule has 6 nitrogen and oxygen atoms in total. The summed E-state index contributed by atoms with van der Waals surface area (Å²) in [5.41, 5.74) is 3.07. The smallest absolute Gasteiger partial charge is 0.231 e. The first kappa shape index (κ1) is 16.8. The number of para-hydroxylation sites is 1. The monoisotopic (exact) mass is 393 g/mol. The Bertz CT molecular complexity index is 1190. The molecule has 0 unspecified atom stereocenters. The third-order valence-corrected chi connectivity index (χ3v) is 4.86. The number of ether oxygens (including phenoxy) is 2. The van der Waals surface area contributed by atoms with Gasteiger partial charge in [0.1, 0.15) is 22.9 Å². The Hall–Kier alpha value is -3.38. The highest BCUT2D eigenvalue weighted by atomic mass is 35.5. The van der Waals surface area contributed by atoms with Crippen molar-refractivity contribution in [2.45, 2.75) is 6.54 Å². The van der Waals surface area contributed by atoms with E-state index in [1.165, 1.54) is 0 Å². The average Bonchev–Trinajstić information content (AvgIpc) is 3.30. The van der Waals surface area contributed by atoms with E-state index in [9.17, 15) is 5.11 Å². The molecule has 5 rings (SSSR count). The Morgan fingerprint density at radius 2 is 1.93 bits per heavy atom. The number of halogens is 1. The lowest BCUT2D eigenvalue weighted by Crippen LogP contribution is -2.03. The van der Waals surface area contributed by atoms with Gasteiger partial charge in [-0.15, -0.1) is 0 Å². The average molecular weight is 394 g/mol. The third-order valence-electron chi connectivity index (χ3n) is 4.64. The molecule has 2 aromatic heterocycles. The molecule has 0 spiro atoms. The van der Waals surface area contributed by atoms with Crippen molar-refractivity contribution in [1.82, 2.24) is 9.38 Å². The van der Waals surface area contributed by atoms with Crippen molar-refractivity contribution in [1.29, 1.82) is 0 Å². The second-order valence-electron chi connectivity index (χ2n) is 6.44. The predicted molar refractivity (Wildman–Crippen MR) is 107 cm³/mol. The summed E-state index contributed by atoms with van der Waals surface area (Å²) >= 11 is 6.20. The number of phenols is 1. The first-order valence-corrected chi connectivity index (χ1v) is 9.15. The fourth-order valence-corrected chi connectivity index (χ4v) is 3.45. The topological polar surface area (TPSA) is 68.0 Å². The third kappa shape index (κ3) is 2.88. The minimum Gasteiger partial charge on any atom is -0.507 e. The summed E-state index contributed by atoms with van der Waals surface area (Å²) in [7, 11) is 0. The van der Waals surface area contributed by atoms with Gasteiger partial charge in [-0.2, -0.15) is 0 Å². The van der Waals surface area contributed by atoms with E-state index in [-0.39, 0.29) is 12.5 Å². The van der Waals surface area contributed by atoms with Crippen LogP contribution < -0.4 is 14.8 Å². The van der Waals surface area contributed by atoms with Crippen LogP contribution in [0.4, 0.5) is 5.82 Å². The van der Waals surface area contributed by atoms with Crippen molar-refractivity contribution in [3.63, 3.8) is 0 Å². The second-order valence-corrected chi connectivity index (χ2v) is 6.88. The Morgan fingerprint density at radius 1 is 1.07 bits per heavy atom. The van der Waals surface area contributed by atoms with Gasteiger partial charge in [-0.1, -0.05) is 29.8 Å². The molecule has 0 saturated heterocycles. The molecule has 1 aliphatic heterocycles. The SMILES string of the molecule is Oc1ccccc1-c1nc2ccc(Cl)cn2c1NCc1ccc2c(c1)OCO2. The standard InChI is InChI=1S/C21H16ClN3O3/c22-14-6-8-19-24-20(15-3-1-2-4-16(15)26)21(25(19)11-14)23-10-13-5-7-17-18(9-13)28-12-27-17/h1-9,11,23,26H,10,12H2. The molecule has 140 valence electrons. The maximum Gasteiger partial charge on any atom is 0.231 e. The lowest BCUT2D eigenvalue weighted by molar-refractivity contribution is 0.174. The lowest BCUT2D eigenvalue weighted by atomic mass is 10.1. The zero-order chi connectivity index (χ0) is 19.1. The van der Waals surface area contributed by atoms with Gasteiger partial charge in [-0.05, 0) is 42.0 Å². The van der Waals surface area contributed by atoms with Crippen LogP contribution in [0.25, 0.3) is 16.9 Å². The fourth-order valence-electron chi connectivity index (χ4n) is 3.29. The number of aromatic nitrogens is 2. The fraction of sp³-hybridized carbons (Fsp3) is 0.0952. The number of aromatic hydroxyl groups is 1. The van der Waals surface area contributed by atoms with Crippen LogP contribution in [-0.2, 0) is 6.54 Å². The molecule has 7 heteroatoms. The molecular weight excluding hydrogens is 378 g/mol. The van der Waals surface area contributed by atoms with Crippen molar-refractivity contribution >= 4 is 23.1 Å². The molecule has 4 aromatic rings. The number of benzene rings is 2. The van der Waals surface area contributed by atoms with Crippen LogP contribution in [0.3, 0.4) is 0 Å². The van der Waals surface area contributed by atoms with Crippen molar-refractivity contribution in [2.75, 3.05) is 12.1 Å². The molecule has 0 fully saturated rings. The van der Waals surface area contributed by atoms with Crippen molar-refractivity contribution in [3.05, 3.63) is 71.4 Å². The number of hydrogen-bond acceptors (Lipinski definition) is 5. The number of anilines is 1. The van der Waals surface area contributed by atoms with Gasteiger partial charge in [0.05, 0.1) is 5.02 Å². The zero-order valence-electron chi connectivity index (χ0n) is 14.7. The van der Waals surface area contributed by atoms with Crippen molar-refractivity contribution in [2.24, 2.45) is 0 Å². The maximum atomic E-state index is 10.3. The summed E-state index contributed by atoms with van der Waals surface area (Å²) in [4.78, 5) is 4.69. The number of pyridine rings is 1. The van der Waals surface area contributed by atoms with E-state index in [2.05, 4.69) is 5.32 Å². The molecule has 0 saturated carbocycles. The largest absolute Gasteiger partial charge is 0.507 e. The van der Waals surface area contributed by atoms with E-state index < -0.39 is 0 Å². The van der Waals surface area contributed by atoms with Gasteiger partial charge in [0.15, 0.2) is 11.5 Å². The summed E-state index contributed by atoms with van der Waals surface area (Å²) in [5, 5.41) is 14.4. The number of fused-ring (bicyclic) bond motifs is 2. The molecule has 0 radical (unpaired) electrons. The molecule has 0 bridgehead atoms. The summed E-state index contributed by atoms with van der Waals surface area (Å²) in [6.07, 6.45) is 1.80. The number of nitrogens with one attached hydrogen (secondary N) is 1. The first-order chi connectivity index (χ1) is 13.7. The molecule has 0 amide bonds. The van der Waals surface area contributed by atoms with Gasteiger partial charge < -0.3 is 19.9 Å². The Morgan fingerprint density at radius 3 is 2.82 bits per heavy atom. The van der Waals surface area contributed by atoms with Crippen LogP contribution in [-0.4, -0.2) is 21.3 Å². The van der Waals surface area contributed by atoms with Crippen molar-refractivity contribution < 1.29 is 14.6 Å². The molecule has 3 heterocycles. The lowest BCUT2D eigenvalue weighted by Gasteiger charge is -2.10. The summed E-state index contributed by atoms with van der Waals surface area (Å²) in [6.45, 7) is 0.785. The molecule has 2 N–H and O–H groups in total. The predicted octanol–water partition coefficient (Wildman–Crippen LogP) is 4.70. The Labute approximate surface area is 165 Å². The van der Waals surface area contributed by atoms with Crippen LogP contribution in [0.15, 0.2) is 60.8 Å². The Kier molecular flexibility index (Phi) is 3.98. The minimum absolute atomic E-state index is 0.170. The number of imidazole rings is 1. The normalized spacial score (nSPS) is 12.5. The molecule has 0 atom stereocenters. The summed E-state index contributed by atoms with van der Waals surface area (Å²) in [5.74, 6) is 2.40. The van der Waals surface area contributed by atoms with Gasteiger partial charge in [0.25, 0.3) is 0 Å². The van der Waals surface area contributed by atoms with Crippen molar-refractivity contribution in [3.8, 4) is 28.5 Å². The Balaban J connectivity index is 1.56. The highest BCUT2D eigenvalue weighted by Gasteiger charge is 2.18. The highest BCUT2D eigenvalue weighted by molar-refractivity contribution is 6.30. The molecule has 28 heavy (non-hydrogen) atoms. The molecular formula is C21H16ClN3O3. The van der Waals surface area contributed by atoms with E-state index in [4.69, 9.17) is 26.1 Å². The number of phenolic OH excluding ortho intramolecular Hbond substituents is 1. The number of rotatable bonds is 4. The summed E-state index contributed by atoms with van der Waals surface area (Å²) < 4.78 is 12.7. The van der Waals surface area contributed by atoms with Crippen LogP contribution in [0, 0.1) is 0 Å². The number of hydrogen-bond donors (Lipinski definition) is 2. The van der Waals surface area contributed by atoms with Crippen LogP contribution in [0.5, 0.6) is 17.2 Å². The number of nitrogens with zero attached hydrogens (tertiary/aromatic N) is 2. The maximum absolute atomic E-state index is 10.3. The van der Waals surface area contributed by atoms with Gasteiger partial charge >= 0.3 is 0 Å². The van der Waals surface area contributed by atoms with E-state index in [1.807, 2.05) is 40.8 Å². The van der Waals surface area contributed by atoms with E-state index in [1.54, 1.807) is 24.4 Å². The van der Waals surface area contributed by atoms with E-state index in [0.717, 1.165) is 28.5 Å². The molecule has 0 aliphatic carbocycles. The minimum atomic E-state index is 0.170.